The van der Waals surface area contributed by atoms with Crippen LogP contribution in [-0.4, -0.2) is 33.3 Å². The van der Waals surface area contributed by atoms with Crippen LogP contribution in [0, 0.1) is 0 Å². The largest absolute Gasteiger partial charge is 0.478 e. The molecule has 2 aromatic heterocycles. The number of nitrogens with one attached hydrogen (secondary N) is 1. The highest BCUT2D eigenvalue weighted by Gasteiger charge is 2.08. The molecule has 0 atom stereocenters. The van der Waals surface area contributed by atoms with E-state index in [0.717, 1.165) is 16.6 Å². The van der Waals surface area contributed by atoms with E-state index in [0.29, 0.717) is 17.8 Å². The molecule has 0 unspecified atom stereocenters. The Kier molecular flexibility index (Phi) is 4.89. The fraction of sp³-hybridized carbons (Fsp3) is 0.214. The Morgan fingerprint density at radius 2 is 2.24 bits per heavy atom. The van der Waals surface area contributed by atoms with E-state index in [1.807, 2.05) is 13.1 Å². The van der Waals surface area contributed by atoms with Crippen molar-refractivity contribution < 1.29 is 14.7 Å². The number of aliphatic carboxylic acids is 1. The molecule has 21 heavy (non-hydrogen) atoms. The van der Waals surface area contributed by atoms with E-state index < -0.39 is 5.97 Å². The smallest absolute Gasteiger partial charge is 0.328 e. The third-order valence-electron chi connectivity index (χ3n) is 2.83. The van der Waals surface area contributed by atoms with E-state index in [4.69, 9.17) is 5.11 Å². The molecule has 2 aromatic rings. The number of thiophene rings is 1. The van der Waals surface area contributed by atoms with Crippen LogP contribution in [0.15, 0.2) is 30.5 Å². The summed E-state index contributed by atoms with van der Waals surface area (Å²) in [6.45, 7) is 0.524. The molecule has 0 radical (unpaired) electrons. The van der Waals surface area contributed by atoms with E-state index in [-0.39, 0.29) is 5.91 Å². The Hall–Kier alpha value is -2.41. The van der Waals surface area contributed by atoms with Crippen molar-refractivity contribution >= 4 is 29.3 Å². The van der Waals surface area contributed by atoms with Crippen LogP contribution in [0.25, 0.3) is 6.08 Å². The Morgan fingerprint density at radius 1 is 1.43 bits per heavy atom. The standard InChI is InChI=1S/C14H15N3O3S/c1-17-10(7-9-16-17)6-8-15-14(20)12-4-2-11(21-12)3-5-13(18)19/h2-5,7,9H,6,8H2,1H3,(H,15,20)(H,18,19)/b5-3+. The third-order valence-corrected chi connectivity index (χ3v) is 3.88. The molecule has 0 saturated carbocycles. The fourth-order valence-corrected chi connectivity index (χ4v) is 2.58. The molecular formula is C14H15N3O3S. The highest BCUT2D eigenvalue weighted by atomic mass is 32.1. The molecule has 0 saturated heterocycles. The molecule has 1 amide bonds. The number of hydrogen-bond donors (Lipinski definition) is 2. The predicted molar refractivity (Wildman–Crippen MR) is 80.2 cm³/mol. The topological polar surface area (TPSA) is 84.2 Å². The summed E-state index contributed by atoms with van der Waals surface area (Å²) in [6.07, 6.45) is 4.95. The van der Waals surface area contributed by atoms with Crippen LogP contribution in [0.2, 0.25) is 0 Å². The molecule has 0 bridgehead atoms. The zero-order chi connectivity index (χ0) is 15.2. The molecule has 2 rings (SSSR count). The molecule has 7 heteroatoms. The summed E-state index contributed by atoms with van der Waals surface area (Å²) in [7, 11) is 1.86. The number of carboxylic acids is 1. The van der Waals surface area contributed by atoms with Crippen LogP contribution >= 0.6 is 11.3 Å². The van der Waals surface area contributed by atoms with E-state index >= 15 is 0 Å². The number of amides is 1. The van der Waals surface area contributed by atoms with E-state index in [9.17, 15) is 9.59 Å². The number of nitrogens with zero attached hydrogens (tertiary/aromatic N) is 2. The molecule has 0 aliphatic heterocycles. The monoisotopic (exact) mass is 305 g/mol. The van der Waals surface area contributed by atoms with Crippen molar-refractivity contribution in [2.45, 2.75) is 6.42 Å². The third kappa shape index (κ3) is 4.28. The summed E-state index contributed by atoms with van der Waals surface area (Å²) in [5, 5.41) is 15.4. The van der Waals surface area contributed by atoms with Gasteiger partial charge in [0.15, 0.2) is 0 Å². The first-order valence-electron chi connectivity index (χ1n) is 6.32. The second-order valence-electron chi connectivity index (χ2n) is 4.33. The van der Waals surface area contributed by atoms with Gasteiger partial charge in [-0.15, -0.1) is 11.3 Å². The average Bonchev–Trinajstić information content (AvgIpc) is 3.06. The molecule has 110 valence electrons. The van der Waals surface area contributed by atoms with Crippen LogP contribution in [-0.2, 0) is 18.3 Å². The highest BCUT2D eigenvalue weighted by Crippen LogP contribution is 2.17. The van der Waals surface area contributed by atoms with Gasteiger partial charge in [0.05, 0.1) is 4.88 Å². The molecule has 2 N–H and O–H groups in total. The van der Waals surface area contributed by atoms with Crippen molar-refractivity contribution in [1.82, 2.24) is 15.1 Å². The summed E-state index contributed by atoms with van der Waals surface area (Å²) in [4.78, 5) is 23.7. The average molecular weight is 305 g/mol. The Morgan fingerprint density at radius 3 is 2.90 bits per heavy atom. The summed E-state index contributed by atoms with van der Waals surface area (Å²) in [5.41, 5.74) is 1.05. The van der Waals surface area contributed by atoms with Crippen LogP contribution < -0.4 is 5.32 Å². The lowest BCUT2D eigenvalue weighted by Crippen LogP contribution is -2.25. The van der Waals surface area contributed by atoms with Crippen molar-refractivity contribution in [1.29, 1.82) is 0 Å². The van der Waals surface area contributed by atoms with Gasteiger partial charge in [0.1, 0.15) is 0 Å². The van der Waals surface area contributed by atoms with Gasteiger partial charge in [0.2, 0.25) is 0 Å². The number of carboxylic acid groups (broad SMARTS) is 1. The van der Waals surface area contributed by atoms with Crippen LogP contribution in [0.1, 0.15) is 20.2 Å². The maximum atomic E-state index is 11.9. The lowest BCUT2D eigenvalue weighted by atomic mass is 10.3. The van der Waals surface area contributed by atoms with Gasteiger partial charge in [-0.3, -0.25) is 9.48 Å². The number of carbonyl (C=O) groups excluding carboxylic acids is 1. The zero-order valence-corrected chi connectivity index (χ0v) is 12.3. The van der Waals surface area contributed by atoms with E-state index in [2.05, 4.69) is 10.4 Å². The van der Waals surface area contributed by atoms with Crippen LogP contribution in [0.4, 0.5) is 0 Å². The van der Waals surface area contributed by atoms with Crippen LogP contribution in [0.3, 0.4) is 0 Å². The second kappa shape index (κ2) is 6.85. The van der Waals surface area contributed by atoms with E-state index in [1.54, 1.807) is 23.0 Å². The first-order valence-corrected chi connectivity index (χ1v) is 7.14. The fourth-order valence-electron chi connectivity index (χ4n) is 1.76. The molecule has 0 aromatic carbocycles. The minimum Gasteiger partial charge on any atom is -0.478 e. The predicted octanol–water partition coefficient (Wildman–Crippen LogP) is 1.55. The number of carbonyl (C=O) groups is 2. The number of rotatable bonds is 6. The van der Waals surface area contributed by atoms with Gasteiger partial charge >= 0.3 is 5.97 Å². The van der Waals surface area contributed by atoms with Gasteiger partial charge < -0.3 is 10.4 Å². The van der Waals surface area contributed by atoms with Crippen molar-refractivity contribution in [2.75, 3.05) is 6.54 Å². The lowest BCUT2D eigenvalue weighted by Gasteiger charge is -2.04. The Bertz CT molecular complexity index is 673. The van der Waals surface area contributed by atoms with Crippen LogP contribution in [0.5, 0.6) is 0 Å². The molecular weight excluding hydrogens is 290 g/mol. The summed E-state index contributed by atoms with van der Waals surface area (Å²) in [6, 6.07) is 5.32. The van der Waals surface area contributed by atoms with Gasteiger partial charge in [-0.2, -0.15) is 5.10 Å². The maximum Gasteiger partial charge on any atom is 0.328 e. The molecule has 0 fully saturated rings. The van der Waals surface area contributed by atoms with Gasteiger partial charge in [-0.05, 0) is 24.3 Å². The Balaban J connectivity index is 1.86. The molecule has 0 aliphatic rings. The highest BCUT2D eigenvalue weighted by molar-refractivity contribution is 7.14. The minimum absolute atomic E-state index is 0.155. The normalized spacial score (nSPS) is 10.9. The molecule has 0 spiro atoms. The molecule has 0 aliphatic carbocycles. The summed E-state index contributed by atoms with van der Waals surface area (Å²) in [5.74, 6) is -1.16. The summed E-state index contributed by atoms with van der Waals surface area (Å²) < 4.78 is 1.77. The zero-order valence-electron chi connectivity index (χ0n) is 11.4. The molecule has 6 nitrogen and oxygen atoms in total. The van der Waals surface area contributed by atoms with Gasteiger partial charge in [-0.25, -0.2) is 4.79 Å². The second-order valence-corrected chi connectivity index (χ2v) is 5.44. The van der Waals surface area contributed by atoms with Gasteiger partial charge in [0, 0.05) is 42.9 Å². The number of aryl methyl sites for hydroxylation is 1. The number of hydrogen-bond acceptors (Lipinski definition) is 4. The summed E-state index contributed by atoms with van der Waals surface area (Å²) >= 11 is 1.25. The van der Waals surface area contributed by atoms with E-state index in [1.165, 1.54) is 17.4 Å². The maximum absolute atomic E-state index is 11.9. The van der Waals surface area contributed by atoms with Crippen molar-refractivity contribution in [3.05, 3.63) is 45.9 Å². The number of aromatic nitrogens is 2. The SMILES string of the molecule is Cn1nccc1CCNC(=O)c1ccc(/C=C/C(=O)O)s1. The first kappa shape index (κ1) is 15.0. The molecule has 2 heterocycles. The minimum atomic E-state index is -1.01. The van der Waals surface area contributed by atoms with Gasteiger partial charge in [-0.1, -0.05) is 0 Å². The quantitative estimate of drug-likeness (QED) is 0.793. The van der Waals surface area contributed by atoms with Crippen molar-refractivity contribution in [3.63, 3.8) is 0 Å². The van der Waals surface area contributed by atoms with Gasteiger partial charge in [0.25, 0.3) is 5.91 Å². The first-order chi connectivity index (χ1) is 10.1. The Labute approximate surface area is 125 Å². The lowest BCUT2D eigenvalue weighted by molar-refractivity contribution is -0.131. The van der Waals surface area contributed by atoms with Crippen molar-refractivity contribution in [2.24, 2.45) is 7.05 Å². The van der Waals surface area contributed by atoms with Crippen molar-refractivity contribution in [3.8, 4) is 0 Å².